The zero-order chi connectivity index (χ0) is 17.3. The van der Waals surface area contributed by atoms with Gasteiger partial charge in [-0.2, -0.15) is 0 Å². The van der Waals surface area contributed by atoms with Crippen molar-refractivity contribution in [2.45, 2.75) is 37.8 Å². The van der Waals surface area contributed by atoms with Crippen molar-refractivity contribution < 1.29 is 19.0 Å². The molecule has 0 saturated carbocycles. The molecule has 1 aromatic rings. The Morgan fingerprint density at radius 1 is 1.12 bits per heavy atom. The molecule has 0 radical (unpaired) electrons. The van der Waals surface area contributed by atoms with Gasteiger partial charge < -0.3 is 19.1 Å². The molecule has 0 N–H and O–H groups in total. The molecule has 1 aromatic carbocycles. The summed E-state index contributed by atoms with van der Waals surface area (Å²) in [5.41, 5.74) is 0.620. The molecule has 3 heterocycles. The average Bonchev–Trinajstić information content (AvgIpc) is 2.79. The largest absolute Gasteiger partial charge is 0.485 e. The van der Waals surface area contributed by atoms with Gasteiger partial charge in [-0.1, -0.05) is 11.6 Å². The maximum absolute atomic E-state index is 13.2. The molecule has 136 valence electrons. The van der Waals surface area contributed by atoms with E-state index in [1.807, 2.05) is 23.1 Å². The Balaban J connectivity index is 1.64. The molecule has 0 atom stereocenters. The number of carbonyl (C=O) groups excluding carboxylic acids is 1. The highest BCUT2D eigenvalue weighted by atomic mass is 35.5. The van der Waals surface area contributed by atoms with E-state index in [1.54, 1.807) is 0 Å². The first kappa shape index (κ1) is 17.1. The number of nitrogens with zero attached hydrogens (tertiary/aromatic N) is 1. The van der Waals surface area contributed by atoms with Crippen LogP contribution < -0.4 is 4.74 Å². The lowest BCUT2D eigenvalue weighted by Gasteiger charge is -2.39. The summed E-state index contributed by atoms with van der Waals surface area (Å²) in [6, 6.07) is 5.69. The van der Waals surface area contributed by atoms with Crippen molar-refractivity contribution in [3.63, 3.8) is 0 Å². The van der Waals surface area contributed by atoms with Crippen molar-refractivity contribution in [3.8, 4) is 5.75 Å². The molecule has 1 amide bonds. The van der Waals surface area contributed by atoms with Gasteiger partial charge in [-0.05, 0) is 31.0 Å². The van der Waals surface area contributed by atoms with Gasteiger partial charge in [0.1, 0.15) is 11.4 Å². The molecule has 3 aliphatic rings. The lowest BCUT2D eigenvalue weighted by atomic mass is 9.92. The van der Waals surface area contributed by atoms with Crippen LogP contribution in [0.3, 0.4) is 0 Å². The van der Waals surface area contributed by atoms with Crippen molar-refractivity contribution in [2.24, 2.45) is 5.92 Å². The summed E-state index contributed by atoms with van der Waals surface area (Å²) in [6.45, 7) is 3.84. The van der Waals surface area contributed by atoms with Crippen molar-refractivity contribution >= 4 is 17.5 Å². The Morgan fingerprint density at radius 3 is 2.60 bits per heavy atom. The number of carbonyl (C=O) groups is 1. The molecule has 3 aliphatic heterocycles. The van der Waals surface area contributed by atoms with Crippen LogP contribution in [0.4, 0.5) is 0 Å². The van der Waals surface area contributed by atoms with E-state index in [2.05, 4.69) is 0 Å². The van der Waals surface area contributed by atoms with Crippen LogP contribution in [0, 0.1) is 5.92 Å². The number of benzene rings is 1. The van der Waals surface area contributed by atoms with Crippen molar-refractivity contribution in [3.05, 3.63) is 28.8 Å². The highest BCUT2D eigenvalue weighted by Gasteiger charge is 2.42. The maximum atomic E-state index is 13.2. The molecule has 0 unspecified atom stereocenters. The van der Waals surface area contributed by atoms with E-state index in [1.165, 1.54) is 0 Å². The number of amides is 1. The van der Waals surface area contributed by atoms with Crippen molar-refractivity contribution in [2.75, 3.05) is 33.0 Å². The zero-order valence-corrected chi connectivity index (χ0v) is 15.1. The van der Waals surface area contributed by atoms with Crippen LogP contribution in [0.15, 0.2) is 18.2 Å². The first-order valence-corrected chi connectivity index (χ1v) is 9.45. The smallest absolute Gasteiger partial charge is 0.226 e. The summed E-state index contributed by atoms with van der Waals surface area (Å²) in [5, 5.41) is 0.670. The molecule has 25 heavy (non-hydrogen) atoms. The second-order valence-corrected chi connectivity index (χ2v) is 7.67. The van der Waals surface area contributed by atoms with Crippen LogP contribution in [-0.4, -0.2) is 49.4 Å². The fraction of sp³-hybridized carbons (Fsp3) is 0.632. The lowest BCUT2D eigenvalue weighted by molar-refractivity contribution is -0.143. The Morgan fingerprint density at radius 2 is 1.84 bits per heavy atom. The SMILES string of the molecule is O=C(C1CCOCC1)N1Cc2cc(Cl)ccc2OC2(CCOCC2)C1. The number of rotatable bonds is 1. The van der Waals surface area contributed by atoms with E-state index in [9.17, 15) is 4.79 Å². The van der Waals surface area contributed by atoms with Crippen LogP contribution in [0.1, 0.15) is 31.2 Å². The number of ether oxygens (including phenoxy) is 3. The van der Waals surface area contributed by atoms with Gasteiger partial charge >= 0.3 is 0 Å². The van der Waals surface area contributed by atoms with Gasteiger partial charge in [0.15, 0.2) is 0 Å². The summed E-state index contributed by atoms with van der Waals surface area (Å²) in [5.74, 6) is 1.10. The van der Waals surface area contributed by atoms with E-state index in [0.717, 1.165) is 37.0 Å². The van der Waals surface area contributed by atoms with Gasteiger partial charge in [0.2, 0.25) is 5.91 Å². The number of fused-ring (bicyclic) bond motifs is 1. The third-order valence-electron chi connectivity index (χ3n) is 5.48. The van der Waals surface area contributed by atoms with E-state index < -0.39 is 0 Å². The van der Waals surface area contributed by atoms with Gasteiger partial charge in [0.05, 0.1) is 19.8 Å². The fourth-order valence-electron chi connectivity index (χ4n) is 4.01. The molecule has 0 aromatic heterocycles. The first-order valence-electron chi connectivity index (χ1n) is 9.07. The minimum atomic E-state index is -0.363. The Labute approximate surface area is 153 Å². The average molecular weight is 366 g/mol. The standard InChI is InChI=1S/C19H24ClNO4/c20-16-1-2-17-15(11-16)12-21(18(22)14-3-7-23-8-4-14)13-19(25-17)5-9-24-10-6-19/h1-2,11,14H,3-10,12-13H2. The number of halogens is 1. The summed E-state index contributed by atoms with van der Waals surface area (Å²) >= 11 is 6.19. The molecular formula is C19H24ClNO4. The van der Waals surface area contributed by atoms with Crippen molar-refractivity contribution in [1.82, 2.24) is 4.90 Å². The van der Waals surface area contributed by atoms with Gasteiger partial charge in [-0.15, -0.1) is 0 Å². The highest BCUT2D eigenvalue weighted by Crippen LogP contribution is 2.37. The molecule has 0 bridgehead atoms. The predicted molar refractivity (Wildman–Crippen MR) is 93.8 cm³/mol. The van der Waals surface area contributed by atoms with E-state index >= 15 is 0 Å². The van der Waals surface area contributed by atoms with Crippen molar-refractivity contribution in [1.29, 1.82) is 0 Å². The Hall–Kier alpha value is -1.30. The highest BCUT2D eigenvalue weighted by molar-refractivity contribution is 6.30. The predicted octanol–water partition coefficient (Wildman–Crippen LogP) is 3.04. The molecule has 6 heteroatoms. The van der Waals surface area contributed by atoms with Crippen LogP contribution in [0.2, 0.25) is 5.02 Å². The lowest BCUT2D eigenvalue weighted by Crippen LogP contribution is -2.52. The first-order chi connectivity index (χ1) is 12.2. The Bertz CT molecular complexity index is 638. The van der Waals surface area contributed by atoms with Crippen LogP contribution in [0.25, 0.3) is 0 Å². The van der Waals surface area contributed by atoms with Crippen LogP contribution >= 0.6 is 11.6 Å². The summed E-state index contributed by atoms with van der Waals surface area (Å²) in [6.07, 6.45) is 3.20. The molecule has 1 spiro atoms. The van der Waals surface area contributed by atoms with Gasteiger partial charge in [-0.3, -0.25) is 4.79 Å². The van der Waals surface area contributed by atoms with E-state index in [4.69, 9.17) is 25.8 Å². The Kier molecular flexibility index (Phi) is 4.89. The van der Waals surface area contributed by atoms with E-state index in [0.29, 0.717) is 44.5 Å². The van der Waals surface area contributed by atoms with Crippen LogP contribution in [-0.2, 0) is 20.8 Å². The zero-order valence-electron chi connectivity index (χ0n) is 14.3. The fourth-order valence-corrected chi connectivity index (χ4v) is 4.20. The normalized spacial score (nSPS) is 23.6. The molecule has 2 saturated heterocycles. The quantitative estimate of drug-likeness (QED) is 0.767. The van der Waals surface area contributed by atoms with Gasteiger partial charge in [0.25, 0.3) is 0 Å². The minimum absolute atomic E-state index is 0.0476. The second-order valence-electron chi connectivity index (χ2n) is 7.23. The summed E-state index contributed by atoms with van der Waals surface area (Å²) in [4.78, 5) is 15.2. The van der Waals surface area contributed by atoms with E-state index in [-0.39, 0.29) is 17.4 Å². The second kappa shape index (κ2) is 7.14. The van der Waals surface area contributed by atoms with Gasteiger partial charge in [0, 0.05) is 49.1 Å². The summed E-state index contributed by atoms with van der Waals surface area (Å²) < 4.78 is 17.4. The number of hydrogen-bond donors (Lipinski definition) is 0. The monoisotopic (exact) mass is 365 g/mol. The van der Waals surface area contributed by atoms with Gasteiger partial charge in [-0.25, -0.2) is 0 Å². The topological polar surface area (TPSA) is 48.0 Å². The minimum Gasteiger partial charge on any atom is -0.485 e. The molecule has 0 aliphatic carbocycles. The van der Waals surface area contributed by atoms with Crippen LogP contribution in [0.5, 0.6) is 5.75 Å². The number of hydrogen-bond acceptors (Lipinski definition) is 4. The summed E-state index contributed by atoms with van der Waals surface area (Å²) in [7, 11) is 0. The molecule has 5 nitrogen and oxygen atoms in total. The molecule has 2 fully saturated rings. The third kappa shape index (κ3) is 3.64. The molecule has 4 rings (SSSR count). The molecular weight excluding hydrogens is 342 g/mol. The third-order valence-corrected chi connectivity index (χ3v) is 5.71. The maximum Gasteiger partial charge on any atom is 0.226 e.